The Bertz CT molecular complexity index is 1470. The lowest BCUT2D eigenvalue weighted by Crippen LogP contribution is -2.45. The highest BCUT2D eigenvalue weighted by atomic mass is 17.1. The van der Waals surface area contributed by atoms with Crippen molar-refractivity contribution in [1.82, 2.24) is 0 Å². The lowest BCUT2D eigenvalue weighted by molar-refractivity contribution is -0.258. The maximum Gasteiger partial charge on any atom is 0.318 e. The van der Waals surface area contributed by atoms with Gasteiger partial charge in [-0.1, -0.05) is 54.9 Å². The number of rotatable bonds is 7. The van der Waals surface area contributed by atoms with Gasteiger partial charge in [-0.3, -0.25) is 24.9 Å². The van der Waals surface area contributed by atoms with Gasteiger partial charge in [-0.2, -0.15) is 0 Å². The van der Waals surface area contributed by atoms with Crippen molar-refractivity contribution >= 4 is 17.9 Å². The van der Waals surface area contributed by atoms with E-state index in [4.69, 9.17) is 20.0 Å². The Labute approximate surface area is 349 Å². The molecule has 9 nitrogen and oxygen atoms in total. The summed E-state index contributed by atoms with van der Waals surface area (Å²) in [4.78, 5) is 46.4. The van der Waals surface area contributed by atoms with Crippen LogP contribution >= 0.6 is 0 Å². The lowest BCUT2D eigenvalue weighted by Gasteiger charge is -2.46. The van der Waals surface area contributed by atoms with Crippen LogP contribution in [0.3, 0.4) is 0 Å². The Morgan fingerprint density at radius 2 is 1.28 bits per heavy atom. The summed E-state index contributed by atoms with van der Waals surface area (Å²) >= 11 is 0. The van der Waals surface area contributed by atoms with E-state index < -0.39 is 0 Å². The molecule has 2 N–H and O–H groups in total. The van der Waals surface area contributed by atoms with E-state index in [2.05, 4.69) is 58.2 Å². The van der Waals surface area contributed by atoms with E-state index in [9.17, 15) is 14.4 Å². The summed E-state index contributed by atoms with van der Waals surface area (Å²) in [6.45, 7) is 17.1. The zero-order chi connectivity index (χ0) is 41.3. The highest BCUT2D eigenvalue weighted by molar-refractivity contribution is 5.99. The fraction of sp³-hybridized carbons (Fsp3) is 0.939. The number of ether oxygens (including phenoxy) is 2. The summed E-state index contributed by atoms with van der Waals surface area (Å²) < 4.78 is 11.0. The van der Waals surface area contributed by atoms with Gasteiger partial charge in [0.25, 0.3) is 0 Å². The van der Waals surface area contributed by atoms with Crippen molar-refractivity contribution in [2.45, 2.75) is 157 Å². The molecule has 328 valence electrons. The lowest BCUT2D eigenvalue weighted by atomic mass is 9.59. The molecule has 0 aromatic heterocycles. The first-order chi connectivity index (χ1) is 27.8. The average Bonchev–Trinajstić information content (AvgIpc) is 3.48. The molecule has 12 fully saturated rings. The van der Waals surface area contributed by atoms with Crippen molar-refractivity contribution in [3.63, 3.8) is 0 Å². The minimum atomic E-state index is -0.200. The van der Waals surface area contributed by atoms with E-state index >= 15 is 0 Å². The first-order valence-corrected chi connectivity index (χ1v) is 24.3. The van der Waals surface area contributed by atoms with Gasteiger partial charge in [0.1, 0.15) is 6.10 Å². The van der Waals surface area contributed by atoms with Crippen molar-refractivity contribution < 1.29 is 44.1 Å². The van der Waals surface area contributed by atoms with Crippen LogP contribution in [0.5, 0.6) is 0 Å². The minimum Gasteiger partial charge on any atom is -0.462 e. The Hall–Kier alpha value is -1.55. The fourth-order valence-corrected chi connectivity index (χ4v) is 17.5. The number of fused-ring (bicyclic) bond motifs is 14. The van der Waals surface area contributed by atoms with Crippen LogP contribution in [0.2, 0.25) is 0 Å². The van der Waals surface area contributed by atoms with E-state index in [1.54, 1.807) is 0 Å². The SMILES string of the molecule is CC1CC(COO)C(C(=O)OC2CCCCC2)C2CCC1CC2C.CC1CC(COO)C(C)C2CCC1CC2C.CCC12CC3CC1C1(C(C)C31)C1C(=O)OC(=O)C12. The summed E-state index contributed by atoms with van der Waals surface area (Å²) in [6.07, 6.45) is 19.2. The van der Waals surface area contributed by atoms with Crippen molar-refractivity contribution in [2.75, 3.05) is 13.2 Å². The second-order valence-electron chi connectivity index (χ2n) is 22.4. The maximum absolute atomic E-state index is 13.1. The van der Waals surface area contributed by atoms with Gasteiger partial charge in [-0.25, -0.2) is 9.78 Å². The number of carbonyl (C=O) groups excluding carboxylic acids is 3. The van der Waals surface area contributed by atoms with E-state index in [0.717, 1.165) is 73.5 Å². The topological polar surface area (TPSA) is 129 Å². The van der Waals surface area contributed by atoms with Gasteiger partial charge >= 0.3 is 17.9 Å². The Morgan fingerprint density at radius 1 is 0.690 bits per heavy atom. The molecule has 6 bridgehead atoms. The molecule has 11 saturated carbocycles. The first kappa shape index (κ1) is 43.1. The van der Waals surface area contributed by atoms with Crippen LogP contribution < -0.4 is 0 Å². The van der Waals surface area contributed by atoms with Crippen molar-refractivity contribution in [2.24, 2.45) is 117 Å². The van der Waals surface area contributed by atoms with Crippen LogP contribution in [0.25, 0.3) is 0 Å². The summed E-state index contributed by atoms with van der Waals surface area (Å²) in [5, 5.41) is 17.8. The number of carbonyl (C=O) groups is 3. The zero-order valence-electron chi connectivity index (χ0n) is 36.9. The Kier molecular flexibility index (Phi) is 12.6. The summed E-state index contributed by atoms with van der Waals surface area (Å²) in [5.74, 6) is 9.10. The van der Waals surface area contributed by atoms with E-state index in [1.165, 1.54) is 70.6 Å². The highest BCUT2D eigenvalue weighted by Crippen LogP contribution is 2.91. The molecule has 1 saturated heterocycles. The molecule has 12 rings (SSSR count). The van der Waals surface area contributed by atoms with Gasteiger partial charge in [0, 0.05) is 0 Å². The van der Waals surface area contributed by atoms with Gasteiger partial charge in [0.15, 0.2) is 0 Å². The van der Waals surface area contributed by atoms with Gasteiger partial charge in [-0.05, 0) is 196 Å². The molecular weight excluding hydrogens is 733 g/mol. The molecule has 20 unspecified atom stereocenters. The summed E-state index contributed by atoms with van der Waals surface area (Å²) in [6, 6.07) is 0. The molecule has 0 radical (unpaired) electrons. The standard InChI is InChI=1S/C20H34O4.C15H18O3.C14H26O2/c1-13-10-16(12-23-22)19(18-9-8-15(13)11-14(18)2)20(21)24-17-6-4-3-5-7-17;1-3-14-5-7-4-8(14)15(6(2)9(7)15)11-10(14)12(16)18-13(11)17;1-9-6-13(8-16-15)11(3)14-5-4-12(9)7-10(14)2/h13-19,22H,3-12H2,1-2H3;6-11H,3-5H2,1-2H3;9-15H,4-8H2,1-3H3. The molecule has 1 aliphatic heterocycles. The molecule has 20 atom stereocenters. The predicted octanol–water partition coefficient (Wildman–Crippen LogP) is 10.5. The molecule has 0 aromatic carbocycles. The molecule has 9 heteroatoms. The number of hydrogen-bond acceptors (Lipinski definition) is 9. The van der Waals surface area contributed by atoms with Crippen molar-refractivity contribution in [3.05, 3.63) is 0 Å². The van der Waals surface area contributed by atoms with Crippen LogP contribution in [-0.4, -0.2) is 47.7 Å². The van der Waals surface area contributed by atoms with Crippen molar-refractivity contribution in [3.8, 4) is 0 Å². The second-order valence-corrected chi connectivity index (χ2v) is 22.4. The molecule has 58 heavy (non-hydrogen) atoms. The normalized spacial score (nSPS) is 50.8. The van der Waals surface area contributed by atoms with E-state index in [0.29, 0.717) is 48.0 Å². The van der Waals surface area contributed by atoms with Gasteiger partial charge < -0.3 is 9.47 Å². The number of hydrogen-bond donors (Lipinski definition) is 2. The quantitative estimate of drug-likeness (QED) is 0.112. The molecular formula is C49H78O9. The van der Waals surface area contributed by atoms with Crippen LogP contribution in [0, 0.1) is 117 Å². The minimum absolute atomic E-state index is 0.0200. The van der Waals surface area contributed by atoms with Crippen LogP contribution in [0.4, 0.5) is 0 Å². The number of esters is 3. The first-order valence-electron chi connectivity index (χ1n) is 24.3. The Balaban J connectivity index is 0.000000124. The molecule has 0 amide bonds. The third-order valence-electron chi connectivity index (χ3n) is 20.2. The predicted molar refractivity (Wildman–Crippen MR) is 219 cm³/mol. The third kappa shape index (κ3) is 7.06. The fourth-order valence-electron chi connectivity index (χ4n) is 17.5. The monoisotopic (exact) mass is 811 g/mol. The zero-order valence-corrected chi connectivity index (χ0v) is 36.9. The average molecular weight is 811 g/mol. The summed E-state index contributed by atoms with van der Waals surface area (Å²) in [5.41, 5.74) is 0.284. The molecule has 1 spiro atoms. The highest BCUT2D eigenvalue weighted by Gasteiger charge is 2.91. The van der Waals surface area contributed by atoms with Gasteiger partial charge in [0.05, 0.1) is 31.0 Å². The molecule has 0 aromatic rings. The number of cyclic esters (lactones) is 2. The largest absolute Gasteiger partial charge is 0.462 e. The second kappa shape index (κ2) is 17.0. The van der Waals surface area contributed by atoms with Crippen molar-refractivity contribution in [1.29, 1.82) is 0 Å². The third-order valence-corrected chi connectivity index (χ3v) is 20.2. The van der Waals surface area contributed by atoms with Crippen LogP contribution in [0.15, 0.2) is 0 Å². The maximum atomic E-state index is 13.1. The van der Waals surface area contributed by atoms with Gasteiger partial charge in [0.2, 0.25) is 0 Å². The van der Waals surface area contributed by atoms with Crippen LogP contribution in [0.1, 0.15) is 151 Å². The molecule has 12 aliphatic rings. The van der Waals surface area contributed by atoms with E-state index in [1.807, 2.05) is 0 Å². The van der Waals surface area contributed by atoms with Gasteiger partial charge in [-0.15, -0.1) is 0 Å². The summed E-state index contributed by atoms with van der Waals surface area (Å²) in [7, 11) is 0. The Morgan fingerprint density at radius 3 is 1.88 bits per heavy atom. The molecule has 11 aliphatic carbocycles. The van der Waals surface area contributed by atoms with Crippen LogP contribution in [-0.2, 0) is 33.6 Å². The smallest absolute Gasteiger partial charge is 0.318 e. The van der Waals surface area contributed by atoms with E-state index in [-0.39, 0.29) is 65.1 Å². The molecule has 1 heterocycles.